The fraction of sp³-hybridized carbons (Fsp3) is 0.576. The fourth-order valence-corrected chi connectivity index (χ4v) is 5.64. The number of ether oxygens (including phenoxy) is 3. The first kappa shape index (κ1) is 31.6. The average Bonchev–Trinajstić information content (AvgIpc) is 3.75. The molecule has 0 spiro atoms. The van der Waals surface area contributed by atoms with Crippen LogP contribution in [0.15, 0.2) is 48.5 Å². The maximum absolute atomic E-state index is 13.8. The quantitative estimate of drug-likeness (QED) is 0.312. The summed E-state index contributed by atoms with van der Waals surface area (Å²) in [4.78, 5) is 33.3. The highest BCUT2D eigenvalue weighted by Crippen LogP contribution is 2.32. The third-order valence-corrected chi connectivity index (χ3v) is 8.21. The van der Waals surface area contributed by atoms with Gasteiger partial charge in [0.1, 0.15) is 0 Å². The Bertz CT molecular complexity index is 1160. The Balaban J connectivity index is 1.42. The largest absolute Gasteiger partial charge is 0.493 e. The van der Waals surface area contributed by atoms with Crippen LogP contribution in [0.1, 0.15) is 49.0 Å². The minimum absolute atomic E-state index is 0.0186. The normalized spacial score (nSPS) is 18.1. The van der Waals surface area contributed by atoms with Gasteiger partial charge < -0.3 is 34.2 Å². The minimum atomic E-state index is -0.0298. The molecule has 0 bridgehead atoms. The van der Waals surface area contributed by atoms with Gasteiger partial charge in [-0.3, -0.25) is 4.79 Å². The van der Waals surface area contributed by atoms with Crippen LogP contribution in [0.4, 0.5) is 4.79 Å². The zero-order chi connectivity index (χ0) is 30.1. The summed E-state index contributed by atoms with van der Waals surface area (Å²) in [7, 11) is 5.15. The summed E-state index contributed by atoms with van der Waals surface area (Å²) >= 11 is 0. The maximum atomic E-state index is 13.8. The van der Waals surface area contributed by atoms with Gasteiger partial charge in [0, 0.05) is 77.6 Å². The highest BCUT2D eigenvalue weighted by molar-refractivity contribution is 5.95. The van der Waals surface area contributed by atoms with Gasteiger partial charge in [0.25, 0.3) is 5.91 Å². The predicted molar refractivity (Wildman–Crippen MR) is 164 cm³/mol. The molecular weight excluding hydrogens is 532 g/mol. The molecule has 4 rings (SSSR count). The molecule has 2 fully saturated rings. The molecule has 1 heterocycles. The Hall–Kier alpha value is -3.30. The molecule has 1 saturated carbocycles. The SMILES string of the molecule is COCCCOc1cc(C(=O)N(C[C@@H]2CNC[C@H]2CN(C(=O)N(C)Cc2ccccc2)C2CC2)C(C)C)ccc1OC. The number of benzene rings is 2. The third-order valence-electron chi connectivity index (χ3n) is 8.21. The first-order valence-electron chi connectivity index (χ1n) is 15.2. The van der Waals surface area contributed by atoms with Crippen LogP contribution < -0.4 is 14.8 Å². The van der Waals surface area contributed by atoms with Crippen LogP contribution >= 0.6 is 0 Å². The van der Waals surface area contributed by atoms with Crippen LogP contribution in [0.5, 0.6) is 11.5 Å². The van der Waals surface area contributed by atoms with Gasteiger partial charge in [0.2, 0.25) is 0 Å². The lowest BCUT2D eigenvalue weighted by atomic mass is 9.94. The zero-order valence-electron chi connectivity index (χ0n) is 25.9. The molecule has 0 unspecified atom stereocenters. The van der Waals surface area contributed by atoms with Gasteiger partial charge in [-0.2, -0.15) is 0 Å². The third kappa shape index (κ3) is 8.38. The van der Waals surface area contributed by atoms with E-state index >= 15 is 0 Å². The summed E-state index contributed by atoms with van der Waals surface area (Å²) in [5, 5.41) is 3.54. The molecule has 9 heteroatoms. The molecule has 42 heavy (non-hydrogen) atoms. The average molecular weight is 581 g/mol. The van der Waals surface area contributed by atoms with E-state index in [1.54, 1.807) is 32.4 Å². The molecule has 230 valence electrons. The lowest BCUT2D eigenvalue weighted by molar-refractivity contribution is 0.0650. The van der Waals surface area contributed by atoms with Crippen molar-refractivity contribution in [3.63, 3.8) is 0 Å². The summed E-state index contributed by atoms with van der Waals surface area (Å²) in [6, 6.07) is 15.9. The number of amides is 3. The highest BCUT2D eigenvalue weighted by atomic mass is 16.5. The Kier molecular flexibility index (Phi) is 11.5. The molecule has 0 aromatic heterocycles. The van der Waals surface area contributed by atoms with Gasteiger partial charge in [-0.05, 0) is 62.3 Å². The monoisotopic (exact) mass is 580 g/mol. The van der Waals surface area contributed by atoms with Crippen LogP contribution in [0, 0.1) is 11.8 Å². The summed E-state index contributed by atoms with van der Waals surface area (Å²) < 4.78 is 16.5. The van der Waals surface area contributed by atoms with E-state index in [1.807, 2.05) is 35.0 Å². The lowest BCUT2D eigenvalue weighted by Crippen LogP contribution is -2.47. The number of urea groups is 1. The van der Waals surface area contributed by atoms with E-state index in [-0.39, 0.29) is 29.8 Å². The number of hydrogen-bond donors (Lipinski definition) is 1. The molecule has 3 amide bonds. The van der Waals surface area contributed by atoms with E-state index in [0.717, 1.165) is 37.9 Å². The van der Waals surface area contributed by atoms with Crippen LogP contribution in [0.2, 0.25) is 0 Å². The molecule has 2 aliphatic rings. The first-order valence-corrected chi connectivity index (χ1v) is 15.2. The van der Waals surface area contributed by atoms with E-state index in [1.165, 1.54) is 0 Å². The molecule has 1 N–H and O–H groups in total. The smallest absolute Gasteiger partial charge is 0.320 e. The number of nitrogens with zero attached hydrogens (tertiary/aromatic N) is 3. The number of carbonyl (C=O) groups excluding carboxylic acids is 2. The molecular formula is C33H48N4O5. The van der Waals surface area contributed by atoms with Crippen molar-refractivity contribution in [3.8, 4) is 11.5 Å². The van der Waals surface area contributed by atoms with E-state index in [2.05, 4.69) is 36.2 Å². The Morgan fingerprint density at radius 3 is 2.31 bits per heavy atom. The van der Waals surface area contributed by atoms with Crippen molar-refractivity contribution in [1.29, 1.82) is 0 Å². The Labute approximate surface area is 251 Å². The van der Waals surface area contributed by atoms with Crippen molar-refractivity contribution in [2.24, 2.45) is 11.8 Å². The zero-order valence-corrected chi connectivity index (χ0v) is 25.9. The van der Waals surface area contributed by atoms with Crippen molar-refractivity contribution in [2.75, 3.05) is 60.7 Å². The summed E-state index contributed by atoms with van der Waals surface area (Å²) in [6.45, 7) is 8.76. The van der Waals surface area contributed by atoms with Gasteiger partial charge in [-0.1, -0.05) is 30.3 Å². The second-order valence-electron chi connectivity index (χ2n) is 11.8. The van der Waals surface area contributed by atoms with Crippen LogP contribution in [0.3, 0.4) is 0 Å². The number of hydrogen-bond acceptors (Lipinski definition) is 6. The van der Waals surface area contributed by atoms with Gasteiger partial charge in [-0.25, -0.2) is 4.79 Å². The van der Waals surface area contributed by atoms with Gasteiger partial charge in [0.15, 0.2) is 11.5 Å². The molecule has 9 nitrogen and oxygen atoms in total. The lowest BCUT2D eigenvalue weighted by Gasteiger charge is -2.35. The second-order valence-corrected chi connectivity index (χ2v) is 11.8. The summed E-state index contributed by atoms with van der Waals surface area (Å²) in [5.74, 6) is 1.64. The van der Waals surface area contributed by atoms with Gasteiger partial charge in [-0.15, -0.1) is 0 Å². The fourth-order valence-electron chi connectivity index (χ4n) is 5.64. The highest BCUT2D eigenvalue weighted by Gasteiger charge is 2.39. The summed E-state index contributed by atoms with van der Waals surface area (Å²) in [6.07, 6.45) is 2.85. The molecule has 2 atom stereocenters. The molecule has 2 aromatic rings. The van der Waals surface area contributed by atoms with Gasteiger partial charge >= 0.3 is 6.03 Å². The minimum Gasteiger partial charge on any atom is -0.493 e. The first-order chi connectivity index (χ1) is 20.3. The molecule has 1 saturated heterocycles. The second kappa shape index (κ2) is 15.3. The maximum Gasteiger partial charge on any atom is 0.320 e. The van der Waals surface area contributed by atoms with Crippen molar-refractivity contribution >= 4 is 11.9 Å². The van der Waals surface area contributed by atoms with E-state index in [4.69, 9.17) is 14.2 Å². The molecule has 1 aliphatic carbocycles. The summed E-state index contributed by atoms with van der Waals surface area (Å²) in [5.41, 5.74) is 1.70. The van der Waals surface area contributed by atoms with Crippen LogP contribution in [-0.4, -0.2) is 99.4 Å². The Morgan fingerprint density at radius 2 is 1.67 bits per heavy atom. The van der Waals surface area contributed by atoms with Crippen molar-refractivity contribution < 1.29 is 23.8 Å². The number of rotatable bonds is 15. The van der Waals surface area contributed by atoms with Crippen LogP contribution in [0.25, 0.3) is 0 Å². The van der Waals surface area contributed by atoms with E-state index in [0.29, 0.717) is 56.0 Å². The number of methoxy groups -OCH3 is 2. The van der Waals surface area contributed by atoms with Crippen molar-refractivity contribution in [1.82, 2.24) is 20.0 Å². The Morgan fingerprint density at radius 1 is 0.952 bits per heavy atom. The van der Waals surface area contributed by atoms with E-state index < -0.39 is 0 Å². The number of nitrogens with one attached hydrogen (secondary N) is 1. The standard InChI is InChI=1S/C33H48N4O5/c1-24(2)36(32(38)26-12-15-30(41-5)31(18-26)42-17-9-16-40-4)22-27-19-34-20-28(27)23-37(29-13-14-29)33(39)35(3)21-25-10-7-6-8-11-25/h6-8,10-12,15,18,24,27-29,34H,9,13-14,16-17,19-23H2,1-5H3/t27-,28-/m0/s1. The van der Waals surface area contributed by atoms with Crippen LogP contribution in [-0.2, 0) is 11.3 Å². The topological polar surface area (TPSA) is 83.6 Å². The van der Waals surface area contributed by atoms with Crippen molar-refractivity contribution in [3.05, 3.63) is 59.7 Å². The predicted octanol–water partition coefficient (Wildman–Crippen LogP) is 4.51. The van der Waals surface area contributed by atoms with E-state index in [9.17, 15) is 9.59 Å². The molecule has 2 aromatic carbocycles. The molecule has 1 aliphatic heterocycles. The van der Waals surface area contributed by atoms with Crippen molar-refractivity contribution in [2.45, 2.75) is 51.7 Å². The number of carbonyl (C=O) groups is 2. The van der Waals surface area contributed by atoms with Gasteiger partial charge in [0.05, 0.1) is 13.7 Å². The molecule has 0 radical (unpaired) electrons.